The van der Waals surface area contributed by atoms with Gasteiger partial charge < -0.3 is 19.7 Å². The van der Waals surface area contributed by atoms with Crippen LogP contribution in [-0.2, 0) is 32.8 Å². The van der Waals surface area contributed by atoms with Gasteiger partial charge in [-0.3, -0.25) is 13.9 Å². The molecule has 0 aliphatic rings. The molecule has 3 aromatic carbocycles. The Morgan fingerprint density at radius 3 is 2.20 bits per heavy atom. The number of sulfonamides is 1. The molecule has 0 aliphatic carbocycles. The van der Waals surface area contributed by atoms with E-state index in [1.54, 1.807) is 49.6 Å². The quantitative estimate of drug-likeness (QED) is 0.286. The highest BCUT2D eigenvalue weighted by Gasteiger charge is 2.31. The van der Waals surface area contributed by atoms with Crippen LogP contribution in [0.2, 0.25) is 0 Å². The lowest BCUT2D eigenvalue weighted by Gasteiger charge is -2.33. The summed E-state index contributed by atoms with van der Waals surface area (Å²) in [5.41, 5.74) is 2.08. The largest absolute Gasteiger partial charge is 0.497 e. The van der Waals surface area contributed by atoms with Gasteiger partial charge in [-0.2, -0.15) is 0 Å². The highest BCUT2D eigenvalue weighted by atomic mass is 32.2. The molecule has 0 radical (unpaired) electrons. The van der Waals surface area contributed by atoms with Crippen LogP contribution in [0.3, 0.4) is 0 Å². The van der Waals surface area contributed by atoms with Gasteiger partial charge in [0.15, 0.2) is 0 Å². The number of ether oxygens (including phenoxy) is 2. The van der Waals surface area contributed by atoms with E-state index in [1.807, 2.05) is 50.2 Å². The molecule has 3 rings (SSSR count). The molecule has 3 aromatic rings. The summed E-state index contributed by atoms with van der Waals surface area (Å²) in [6, 6.07) is 22.7. The van der Waals surface area contributed by atoms with Gasteiger partial charge in [0.2, 0.25) is 21.8 Å². The molecule has 0 bridgehead atoms. The van der Waals surface area contributed by atoms with Gasteiger partial charge in [0.25, 0.3) is 0 Å². The van der Waals surface area contributed by atoms with Crippen molar-refractivity contribution in [3.05, 3.63) is 90.0 Å². The Kier molecular flexibility index (Phi) is 11.6. The van der Waals surface area contributed by atoms with Crippen LogP contribution >= 0.6 is 0 Å². The van der Waals surface area contributed by atoms with Crippen LogP contribution < -0.4 is 19.1 Å². The maximum atomic E-state index is 13.8. The smallest absolute Gasteiger partial charge is 0.244 e. The number of benzene rings is 3. The molecule has 1 atom stereocenters. The number of nitrogens with zero attached hydrogens (tertiary/aromatic N) is 2. The van der Waals surface area contributed by atoms with Gasteiger partial charge in [0.05, 0.1) is 19.1 Å². The number of amides is 2. The van der Waals surface area contributed by atoms with E-state index >= 15 is 0 Å². The van der Waals surface area contributed by atoms with Crippen LogP contribution in [-0.4, -0.2) is 57.6 Å². The van der Waals surface area contributed by atoms with E-state index in [4.69, 9.17) is 9.47 Å². The number of anilines is 1. The molecule has 0 aromatic heterocycles. The number of rotatable bonds is 15. The Labute approximate surface area is 243 Å². The third-order valence-corrected chi connectivity index (χ3v) is 7.62. The van der Waals surface area contributed by atoms with Crippen LogP contribution in [0.25, 0.3) is 0 Å². The van der Waals surface area contributed by atoms with Crippen molar-refractivity contribution < 1.29 is 27.5 Å². The third kappa shape index (κ3) is 9.24. The molecule has 2 amide bonds. The van der Waals surface area contributed by atoms with Crippen LogP contribution in [0.5, 0.6) is 11.5 Å². The summed E-state index contributed by atoms with van der Waals surface area (Å²) in [5, 5.41) is 2.87. The lowest BCUT2D eigenvalue weighted by Crippen LogP contribution is -2.52. The highest BCUT2D eigenvalue weighted by Crippen LogP contribution is 2.24. The molecule has 1 unspecified atom stereocenters. The molecular formula is C31H39N3O6S. The van der Waals surface area contributed by atoms with Crippen molar-refractivity contribution in [3.8, 4) is 11.5 Å². The van der Waals surface area contributed by atoms with Gasteiger partial charge in [0, 0.05) is 13.1 Å². The minimum absolute atomic E-state index is 0.109. The fourth-order valence-corrected chi connectivity index (χ4v) is 5.17. The van der Waals surface area contributed by atoms with E-state index in [1.165, 1.54) is 4.90 Å². The second kappa shape index (κ2) is 15.1. The molecule has 10 heteroatoms. The summed E-state index contributed by atoms with van der Waals surface area (Å²) in [5.74, 6) is 0.402. The SMILES string of the molecule is CCCNC(=O)C(CC)N(Cc1cccc(OC)c1)C(=O)CN(c1ccc(OCc2ccccc2)cc1)S(C)(=O)=O. The molecule has 0 saturated heterocycles. The van der Waals surface area contributed by atoms with Gasteiger partial charge >= 0.3 is 0 Å². The summed E-state index contributed by atoms with van der Waals surface area (Å²) in [4.78, 5) is 28.3. The van der Waals surface area contributed by atoms with Gasteiger partial charge in [-0.15, -0.1) is 0 Å². The number of hydrogen-bond donors (Lipinski definition) is 1. The average Bonchev–Trinajstić information content (AvgIpc) is 2.98. The maximum Gasteiger partial charge on any atom is 0.244 e. The Bertz CT molecular complexity index is 1380. The van der Waals surface area contributed by atoms with Crippen LogP contribution in [0, 0.1) is 0 Å². The second-order valence-corrected chi connectivity index (χ2v) is 11.5. The van der Waals surface area contributed by atoms with E-state index in [0.717, 1.165) is 28.1 Å². The Hall–Kier alpha value is -4.05. The zero-order chi connectivity index (χ0) is 29.8. The first-order chi connectivity index (χ1) is 19.7. The average molecular weight is 582 g/mol. The molecule has 1 N–H and O–H groups in total. The van der Waals surface area contributed by atoms with Crippen molar-refractivity contribution >= 4 is 27.5 Å². The molecule has 0 spiro atoms. The van der Waals surface area contributed by atoms with Crippen molar-refractivity contribution in [1.82, 2.24) is 10.2 Å². The molecule has 0 aliphatic heterocycles. The van der Waals surface area contributed by atoms with Crippen LogP contribution in [0.4, 0.5) is 5.69 Å². The summed E-state index contributed by atoms with van der Waals surface area (Å²) in [6.45, 7) is 4.26. The topological polar surface area (TPSA) is 105 Å². The van der Waals surface area contributed by atoms with Gasteiger partial charge in [-0.25, -0.2) is 8.42 Å². The standard InChI is InChI=1S/C31H39N3O6S/c1-5-19-32-31(36)29(6-2)33(21-25-13-10-14-28(20-25)39-3)30(35)22-34(41(4,37)38)26-15-17-27(18-16-26)40-23-24-11-8-7-9-12-24/h7-18,20,29H,5-6,19,21-23H2,1-4H3,(H,32,36). The molecule has 9 nitrogen and oxygen atoms in total. The van der Waals surface area contributed by atoms with Gasteiger partial charge in [-0.1, -0.05) is 56.3 Å². The van der Waals surface area contributed by atoms with Gasteiger partial charge in [0.1, 0.15) is 30.7 Å². The van der Waals surface area contributed by atoms with Crippen molar-refractivity contribution in [1.29, 1.82) is 0 Å². The number of nitrogens with one attached hydrogen (secondary N) is 1. The summed E-state index contributed by atoms with van der Waals surface area (Å²) < 4.78 is 37.9. The molecule has 0 fully saturated rings. The monoisotopic (exact) mass is 581 g/mol. The lowest BCUT2D eigenvalue weighted by molar-refractivity contribution is -0.140. The molecular weight excluding hydrogens is 542 g/mol. The Balaban J connectivity index is 1.85. The van der Waals surface area contributed by atoms with E-state index < -0.39 is 28.5 Å². The zero-order valence-corrected chi connectivity index (χ0v) is 24.9. The Morgan fingerprint density at radius 2 is 1.59 bits per heavy atom. The second-order valence-electron chi connectivity index (χ2n) is 9.63. The predicted molar refractivity (Wildman–Crippen MR) is 160 cm³/mol. The first kappa shape index (κ1) is 31.5. The number of hydrogen-bond acceptors (Lipinski definition) is 6. The number of carbonyl (C=O) groups excluding carboxylic acids is 2. The normalized spacial score (nSPS) is 11.8. The molecule has 0 saturated carbocycles. The van der Waals surface area contributed by atoms with Crippen molar-refractivity contribution in [2.45, 2.75) is 45.9 Å². The predicted octanol–water partition coefficient (Wildman–Crippen LogP) is 4.37. The van der Waals surface area contributed by atoms with E-state index in [-0.39, 0.29) is 12.5 Å². The molecule has 41 heavy (non-hydrogen) atoms. The number of carbonyl (C=O) groups is 2. The lowest BCUT2D eigenvalue weighted by atomic mass is 10.1. The van der Waals surface area contributed by atoms with Crippen molar-refractivity contribution in [2.75, 3.05) is 30.8 Å². The van der Waals surface area contributed by atoms with Crippen molar-refractivity contribution in [2.24, 2.45) is 0 Å². The number of methoxy groups -OCH3 is 1. The zero-order valence-electron chi connectivity index (χ0n) is 24.1. The molecule has 0 heterocycles. The van der Waals surface area contributed by atoms with Crippen LogP contribution in [0.15, 0.2) is 78.9 Å². The Morgan fingerprint density at radius 1 is 0.902 bits per heavy atom. The van der Waals surface area contributed by atoms with Gasteiger partial charge in [-0.05, 0) is 60.4 Å². The van der Waals surface area contributed by atoms with E-state index in [0.29, 0.717) is 36.8 Å². The van der Waals surface area contributed by atoms with E-state index in [9.17, 15) is 18.0 Å². The first-order valence-electron chi connectivity index (χ1n) is 13.6. The molecule has 220 valence electrons. The summed E-state index contributed by atoms with van der Waals surface area (Å²) in [7, 11) is -2.29. The summed E-state index contributed by atoms with van der Waals surface area (Å²) in [6.07, 6.45) is 2.16. The van der Waals surface area contributed by atoms with Crippen LogP contribution in [0.1, 0.15) is 37.8 Å². The summed E-state index contributed by atoms with van der Waals surface area (Å²) >= 11 is 0. The fourth-order valence-electron chi connectivity index (χ4n) is 4.32. The minimum Gasteiger partial charge on any atom is -0.497 e. The first-order valence-corrected chi connectivity index (χ1v) is 15.5. The third-order valence-electron chi connectivity index (χ3n) is 6.47. The van der Waals surface area contributed by atoms with E-state index in [2.05, 4.69) is 5.32 Å². The minimum atomic E-state index is -3.84. The van der Waals surface area contributed by atoms with Crippen molar-refractivity contribution in [3.63, 3.8) is 0 Å². The maximum absolute atomic E-state index is 13.8. The fraction of sp³-hybridized carbons (Fsp3) is 0.355. The highest BCUT2D eigenvalue weighted by molar-refractivity contribution is 7.92.